The molecule has 1 aliphatic carbocycles. The van der Waals surface area contributed by atoms with Crippen molar-refractivity contribution in [1.29, 1.82) is 0 Å². The summed E-state index contributed by atoms with van der Waals surface area (Å²) in [7, 11) is 6.12. The Morgan fingerprint density at radius 2 is 1.90 bits per heavy atom. The van der Waals surface area contributed by atoms with Crippen molar-refractivity contribution in [3.05, 3.63) is 0 Å². The molecule has 0 N–H and O–H groups in total. The Balaban J connectivity index is 2.45. The third-order valence-electron chi connectivity index (χ3n) is 3.05. The SMILES string of the molecule is [B]C(C)(CC)C1CCCC1. The molecule has 2 radical (unpaired) electrons. The van der Waals surface area contributed by atoms with Crippen LogP contribution in [-0.2, 0) is 0 Å². The first kappa shape index (κ1) is 8.16. The summed E-state index contributed by atoms with van der Waals surface area (Å²) in [5, 5.41) is 0.122. The van der Waals surface area contributed by atoms with Crippen molar-refractivity contribution in [2.75, 3.05) is 0 Å². The highest BCUT2D eigenvalue weighted by Crippen LogP contribution is 2.44. The fourth-order valence-corrected chi connectivity index (χ4v) is 1.87. The van der Waals surface area contributed by atoms with Crippen LogP contribution in [0.15, 0.2) is 0 Å². The largest absolute Gasteiger partial charge is 0.0746 e. The van der Waals surface area contributed by atoms with Gasteiger partial charge in [-0.1, -0.05) is 51.3 Å². The molecule has 1 heteroatoms. The summed E-state index contributed by atoms with van der Waals surface area (Å²) in [6.45, 7) is 4.39. The van der Waals surface area contributed by atoms with Gasteiger partial charge in [0.25, 0.3) is 0 Å². The molecule has 0 aromatic rings. The van der Waals surface area contributed by atoms with E-state index in [1.54, 1.807) is 0 Å². The summed E-state index contributed by atoms with van der Waals surface area (Å²) in [6, 6.07) is 0. The first-order valence-electron chi connectivity index (χ1n) is 4.45. The molecule has 0 amide bonds. The highest BCUT2D eigenvalue weighted by atomic mass is 14.3. The van der Waals surface area contributed by atoms with E-state index in [-0.39, 0.29) is 5.31 Å². The predicted molar refractivity (Wildman–Crippen MR) is 46.4 cm³/mol. The average molecular weight is 136 g/mol. The van der Waals surface area contributed by atoms with Gasteiger partial charge in [0, 0.05) is 0 Å². The summed E-state index contributed by atoms with van der Waals surface area (Å²) in [5.41, 5.74) is 0. The van der Waals surface area contributed by atoms with Crippen LogP contribution in [-0.4, -0.2) is 7.85 Å². The molecular formula is C9H17B. The van der Waals surface area contributed by atoms with E-state index >= 15 is 0 Å². The van der Waals surface area contributed by atoms with Gasteiger partial charge < -0.3 is 0 Å². The molecule has 0 aromatic carbocycles. The molecule has 0 bridgehead atoms. The molecule has 10 heavy (non-hydrogen) atoms. The number of hydrogen-bond donors (Lipinski definition) is 0. The van der Waals surface area contributed by atoms with Crippen molar-refractivity contribution < 1.29 is 0 Å². The van der Waals surface area contributed by atoms with E-state index in [1.165, 1.54) is 25.7 Å². The smallest absolute Gasteiger partial charge is 0.0674 e. The van der Waals surface area contributed by atoms with Crippen molar-refractivity contribution in [3.8, 4) is 0 Å². The second-order valence-corrected chi connectivity index (χ2v) is 3.84. The zero-order valence-corrected chi connectivity index (χ0v) is 7.19. The van der Waals surface area contributed by atoms with Crippen LogP contribution in [0.4, 0.5) is 0 Å². The molecule has 1 aliphatic rings. The van der Waals surface area contributed by atoms with Crippen molar-refractivity contribution >= 4 is 7.85 Å². The first-order chi connectivity index (χ1) is 4.67. The summed E-state index contributed by atoms with van der Waals surface area (Å²) >= 11 is 0. The van der Waals surface area contributed by atoms with Crippen molar-refractivity contribution in [2.24, 2.45) is 5.92 Å². The average Bonchev–Trinajstić information content (AvgIpc) is 2.38. The normalized spacial score (nSPS) is 26.6. The second kappa shape index (κ2) is 2.98. The molecule has 1 fully saturated rings. The molecule has 1 unspecified atom stereocenters. The maximum absolute atomic E-state index is 6.12. The predicted octanol–water partition coefficient (Wildman–Crippen LogP) is 2.93. The van der Waals surface area contributed by atoms with Crippen LogP contribution in [0.25, 0.3) is 0 Å². The minimum absolute atomic E-state index is 0.122. The van der Waals surface area contributed by atoms with Gasteiger partial charge in [0.2, 0.25) is 0 Å². The highest BCUT2D eigenvalue weighted by Gasteiger charge is 2.29. The molecule has 0 aromatic heterocycles. The van der Waals surface area contributed by atoms with Crippen molar-refractivity contribution in [2.45, 2.75) is 51.3 Å². The molecular weight excluding hydrogens is 119 g/mol. The van der Waals surface area contributed by atoms with E-state index in [2.05, 4.69) is 13.8 Å². The fraction of sp³-hybridized carbons (Fsp3) is 1.00. The lowest BCUT2D eigenvalue weighted by Crippen LogP contribution is -2.16. The van der Waals surface area contributed by atoms with E-state index in [0.717, 1.165) is 12.3 Å². The van der Waals surface area contributed by atoms with Gasteiger partial charge in [-0.05, 0) is 5.92 Å². The molecule has 1 rings (SSSR count). The van der Waals surface area contributed by atoms with Crippen LogP contribution in [0.3, 0.4) is 0 Å². The summed E-state index contributed by atoms with van der Waals surface area (Å²) in [6.07, 6.45) is 6.65. The van der Waals surface area contributed by atoms with E-state index in [1.807, 2.05) is 0 Å². The van der Waals surface area contributed by atoms with E-state index in [9.17, 15) is 0 Å². The van der Waals surface area contributed by atoms with Gasteiger partial charge in [0.05, 0.1) is 7.85 Å². The van der Waals surface area contributed by atoms with Crippen LogP contribution in [0.2, 0.25) is 5.31 Å². The van der Waals surface area contributed by atoms with Crippen LogP contribution in [0.1, 0.15) is 46.0 Å². The van der Waals surface area contributed by atoms with Gasteiger partial charge in [0.1, 0.15) is 0 Å². The standard InChI is InChI=1S/C9H17B/c1-3-9(2,10)8-6-4-5-7-8/h8H,3-7H2,1-2H3. The molecule has 0 heterocycles. The van der Waals surface area contributed by atoms with Crippen LogP contribution < -0.4 is 0 Å². The Kier molecular flexibility index (Phi) is 2.43. The van der Waals surface area contributed by atoms with Crippen molar-refractivity contribution in [3.63, 3.8) is 0 Å². The lowest BCUT2D eigenvalue weighted by Gasteiger charge is -2.30. The maximum Gasteiger partial charge on any atom is 0.0746 e. The van der Waals surface area contributed by atoms with E-state index in [0.29, 0.717) is 0 Å². The zero-order chi connectivity index (χ0) is 7.61. The topological polar surface area (TPSA) is 0 Å². The fourth-order valence-electron chi connectivity index (χ4n) is 1.87. The molecule has 0 nitrogen and oxygen atoms in total. The molecule has 1 saturated carbocycles. The summed E-state index contributed by atoms with van der Waals surface area (Å²) in [5.74, 6) is 0.803. The first-order valence-corrected chi connectivity index (χ1v) is 4.45. The Morgan fingerprint density at radius 3 is 2.30 bits per heavy atom. The molecule has 0 spiro atoms. The van der Waals surface area contributed by atoms with Gasteiger partial charge in [-0.2, -0.15) is 0 Å². The Bertz CT molecular complexity index is 101. The molecule has 1 atom stereocenters. The van der Waals surface area contributed by atoms with Gasteiger partial charge >= 0.3 is 0 Å². The highest BCUT2D eigenvalue weighted by molar-refractivity contribution is 6.15. The Morgan fingerprint density at radius 1 is 1.40 bits per heavy atom. The zero-order valence-electron chi connectivity index (χ0n) is 7.19. The monoisotopic (exact) mass is 136 g/mol. The summed E-state index contributed by atoms with van der Waals surface area (Å²) in [4.78, 5) is 0. The van der Waals surface area contributed by atoms with E-state index in [4.69, 9.17) is 7.85 Å². The lowest BCUT2D eigenvalue weighted by atomic mass is 9.60. The second-order valence-electron chi connectivity index (χ2n) is 3.84. The quantitative estimate of drug-likeness (QED) is 0.512. The molecule has 0 aliphatic heterocycles. The van der Waals surface area contributed by atoms with Gasteiger partial charge in [0.15, 0.2) is 0 Å². The minimum atomic E-state index is 0.122. The van der Waals surface area contributed by atoms with Crippen LogP contribution >= 0.6 is 0 Å². The third-order valence-corrected chi connectivity index (χ3v) is 3.05. The van der Waals surface area contributed by atoms with Crippen LogP contribution in [0, 0.1) is 5.92 Å². The van der Waals surface area contributed by atoms with Gasteiger partial charge in [-0.3, -0.25) is 0 Å². The number of rotatable bonds is 2. The van der Waals surface area contributed by atoms with Gasteiger partial charge in [-0.15, -0.1) is 0 Å². The maximum atomic E-state index is 6.12. The third kappa shape index (κ3) is 1.56. The molecule has 0 saturated heterocycles. The van der Waals surface area contributed by atoms with E-state index < -0.39 is 0 Å². The Hall–Kier alpha value is 0.0649. The van der Waals surface area contributed by atoms with Crippen LogP contribution in [0.5, 0.6) is 0 Å². The van der Waals surface area contributed by atoms with Gasteiger partial charge in [-0.25, -0.2) is 0 Å². The lowest BCUT2D eigenvalue weighted by molar-refractivity contribution is 0.379. The Labute approximate surface area is 65.8 Å². The number of hydrogen-bond acceptors (Lipinski definition) is 0. The minimum Gasteiger partial charge on any atom is -0.0674 e. The van der Waals surface area contributed by atoms with Crippen molar-refractivity contribution in [1.82, 2.24) is 0 Å². The summed E-state index contributed by atoms with van der Waals surface area (Å²) < 4.78 is 0. The molecule has 56 valence electrons.